The fourth-order valence-corrected chi connectivity index (χ4v) is 2.58. The molecular weight excluding hydrogens is 288 g/mol. The van der Waals surface area contributed by atoms with Crippen molar-refractivity contribution >= 4 is 23.0 Å². The maximum atomic E-state index is 12.1. The molecule has 1 atom stereocenters. The monoisotopic (exact) mass is 302 g/mol. The second kappa shape index (κ2) is 5.97. The highest BCUT2D eigenvalue weighted by molar-refractivity contribution is 7.12. The fourth-order valence-electron chi connectivity index (χ4n) is 1.90. The third-order valence-corrected chi connectivity index (χ3v) is 3.99. The first-order valence-electron chi connectivity index (χ1n) is 6.50. The molecule has 0 saturated heterocycles. The Morgan fingerprint density at radius 2 is 2.10 bits per heavy atom. The smallest absolute Gasteiger partial charge is 0.284 e. The number of benzene rings is 1. The molecule has 5 nitrogen and oxygen atoms in total. The van der Waals surface area contributed by atoms with E-state index in [0.717, 1.165) is 10.6 Å². The van der Waals surface area contributed by atoms with Crippen LogP contribution in [0.25, 0.3) is 0 Å². The summed E-state index contributed by atoms with van der Waals surface area (Å²) in [4.78, 5) is 13.1. The van der Waals surface area contributed by atoms with E-state index >= 15 is 0 Å². The van der Waals surface area contributed by atoms with Gasteiger partial charge in [-0.25, -0.2) is 5.43 Å². The number of para-hydroxylation sites is 2. The molecule has 3 rings (SSSR count). The Morgan fingerprint density at radius 1 is 1.29 bits per heavy atom. The molecule has 1 aromatic heterocycles. The normalized spacial score (nSPS) is 17.4. The molecule has 0 saturated carbocycles. The molecule has 0 radical (unpaired) electrons. The van der Waals surface area contributed by atoms with Crippen LogP contribution in [0.15, 0.2) is 46.9 Å². The first kappa shape index (κ1) is 13.6. The molecule has 1 aliphatic rings. The number of thiophene rings is 1. The van der Waals surface area contributed by atoms with E-state index in [9.17, 15) is 4.79 Å². The number of nitrogens with one attached hydrogen (secondary N) is 1. The summed E-state index contributed by atoms with van der Waals surface area (Å²) in [6, 6.07) is 11.2. The van der Waals surface area contributed by atoms with E-state index in [0.29, 0.717) is 11.5 Å². The Balaban J connectivity index is 1.63. The summed E-state index contributed by atoms with van der Waals surface area (Å²) < 4.78 is 11.1. The second-order valence-electron chi connectivity index (χ2n) is 4.51. The Kier molecular flexibility index (Phi) is 3.87. The SMILES string of the molecule is C/C(=N\NC(=O)[C@@H]1COc2ccccc2O1)c1cccs1. The molecule has 0 unspecified atom stereocenters. The minimum Gasteiger partial charge on any atom is -0.485 e. The number of ether oxygens (including phenoxy) is 2. The van der Waals surface area contributed by atoms with E-state index in [-0.39, 0.29) is 12.5 Å². The zero-order valence-corrected chi connectivity index (χ0v) is 12.2. The zero-order chi connectivity index (χ0) is 14.7. The van der Waals surface area contributed by atoms with Crippen molar-refractivity contribution in [2.75, 3.05) is 6.61 Å². The Bertz CT molecular complexity index is 667. The Hall–Kier alpha value is -2.34. The van der Waals surface area contributed by atoms with Gasteiger partial charge >= 0.3 is 0 Å². The van der Waals surface area contributed by atoms with E-state index in [1.807, 2.05) is 42.6 Å². The van der Waals surface area contributed by atoms with Crippen molar-refractivity contribution in [3.63, 3.8) is 0 Å². The van der Waals surface area contributed by atoms with Crippen molar-refractivity contribution in [3.8, 4) is 11.5 Å². The molecule has 108 valence electrons. The van der Waals surface area contributed by atoms with E-state index in [2.05, 4.69) is 10.5 Å². The Morgan fingerprint density at radius 3 is 2.86 bits per heavy atom. The summed E-state index contributed by atoms with van der Waals surface area (Å²) in [6.07, 6.45) is -0.695. The molecule has 0 aliphatic carbocycles. The van der Waals surface area contributed by atoms with Gasteiger partial charge in [0.15, 0.2) is 11.5 Å². The highest BCUT2D eigenvalue weighted by Crippen LogP contribution is 2.30. The minimum absolute atomic E-state index is 0.177. The van der Waals surface area contributed by atoms with Gasteiger partial charge < -0.3 is 9.47 Å². The molecule has 1 N–H and O–H groups in total. The number of hydrogen-bond acceptors (Lipinski definition) is 5. The van der Waals surface area contributed by atoms with Gasteiger partial charge in [0.05, 0.1) is 5.71 Å². The van der Waals surface area contributed by atoms with Crippen molar-refractivity contribution in [2.24, 2.45) is 5.10 Å². The quantitative estimate of drug-likeness (QED) is 0.700. The average molecular weight is 302 g/mol. The maximum Gasteiger partial charge on any atom is 0.284 e. The summed E-state index contributed by atoms with van der Waals surface area (Å²) >= 11 is 1.57. The molecule has 1 aromatic carbocycles. The van der Waals surface area contributed by atoms with E-state index < -0.39 is 6.10 Å². The van der Waals surface area contributed by atoms with Gasteiger partial charge in [-0.3, -0.25) is 4.79 Å². The van der Waals surface area contributed by atoms with Crippen LogP contribution in [0.4, 0.5) is 0 Å². The number of rotatable bonds is 3. The van der Waals surface area contributed by atoms with Crippen LogP contribution in [-0.2, 0) is 4.79 Å². The van der Waals surface area contributed by atoms with Crippen LogP contribution >= 0.6 is 11.3 Å². The maximum absolute atomic E-state index is 12.1. The summed E-state index contributed by atoms with van der Waals surface area (Å²) in [5.74, 6) is 0.906. The topological polar surface area (TPSA) is 59.9 Å². The van der Waals surface area contributed by atoms with E-state index in [4.69, 9.17) is 9.47 Å². The molecule has 1 amide bonds. The molecule has 6 heteroatoms. The number of amides is 1. The van der Waals surface area contributed by atoms with Crippen LogP contribution in [0.1, 0.15) is 11.8 Å². The van der Waals surface area contributed by atoms with Gasteiger partial charge in [-0.1, -0.05) is 18.2 Å². The molecule has 0 spiro atoms. The molecule has 0 bridgehead atoms. The van der Waals surface area contributed by atoms with Crippen LogP contribution in [0, 0.1) is 0 Å². The lowest BCUT2D eigenvalue weighted by atomic mass is 10.2. The van der Waals surface area contributed by atoms with Crippen molar-refractivity contribution < 1.29 is 14.3 Å². The predicted octanol–water partition coefficient (Wildman–Crippen LogP) is 2.43. The lowest BCUT2D eigenvalue weighted by Gasteiger charge is -2.24. The summed E-state index contributed by atoms with van der Waals surface area (Å²) in [7, 11) is 0. The second-order valence-corrected chi connectivity index (χ2v) is 5.46. The highest BCUT2D eigenvalue weighted by atomic mass is 32.1. The van der Waals surface area contributed by atoms with Crippen LogP contribution < -0.4 is 14.9 Å². The van der Waals surface area contributed by atoms with Crippen LogP contribution in [-0.4, -0.2) is 24.3 Å². The van der Waals surface area contributed by atoms with Crippen LogP contribution in [0.3, 0.4) is 0 Å². The lowest BCUT2D eigenvalue weighted by molar-refractivity contribution is -0.130. The molecular formula is C15H14N2O3S. The first-order chi connectivity index (χ1) is 10.2. The standard InChI is InChI=1S/C15H14N2O3S/c1-10(14-7-4-8-21-14)16-17-15(18)13-9-19-11-5-2-3-6-12(11)20-13/h2-8,13H,9H2,1H3,(H,17,18)/b16-10+/t13-/m0/s1. The van der Waals surface area contributed by atoms with Crippen molar-refractivity contribution in [3.05, 3.63) is 46.7 Å². The third kappa shape index (κ3) is 3.05. The summed E-state index contributed by atoms with van der Waals surface area (Å²) in [5.41, 5.74) is 3.28. The average Bonchev–Trinajstić information content (AvgIpc) is 3.06. The van der Waals surface area contributed by atoms with E-state index in [1.165, 1.54) is 0 Å². The minimum atomic E-state index is -0.695. The predicted molar refractivity (Wildman–Crippen MR) is 81.0 cm³/mol. The van der Waals surface area contributed by atoms with E-state index in [1.54, 1.807) is 17.4 Å². The van der Waals surface area contributed by atoms with Crippen LogP contribution in [0.5, 0.6) is 11.5 Å². The van der Waals surface area contributed by atoms with Gasteiger partial charge in [0.2, 0.25) is 6.10 Å². The highest BCUT2D eigenvalue weighted by Gasteiger charge is 2.27. The molecule has 21 heavy (non-hydrogen) atoms. The number of fused-ring (bicyclic) bond motifs is 1. The third-order valence-electron chi connectivity index (χ3n) is 3.01. The van der Waals surface area contributed by atoms with Crippen molar-refractivity contribution in [1.82, 2.24) is 5.43 Å². The number of hydrazone groups is 1. The lowest BCUT2D eigenvalue weighted by Crippen LogP contribution is -2.42. The van der Waals surface area contributed by atoms with Gasteiger partial charge in [0.25, 0.3) is 5.91 Å². The Labute approximate surface area is 126 Å². The summed E-state index contributed by atoms with van der Waals surface area (Å²) in [5, 5.41) is 6.05. The van der Waals surface area contributed by atoms with Crippen LogP contribution in [0.2, 0.25) is 0 Å². The number of hydrogen-bond donors (Lipinski definition) is 1. The number of nitrogens with zero attached hydrogens (tertiary/aromatic N) is 1. The van der Waals surface area contributed by atoms with Gasteiger partial charge in [-0.05, 0) is 30.5 Å². The molecule has 1 aliphatic heterocycles. The van der Waals surface area contributed by atoms with Gasteiger partial charge in [0.1, 0.15) is 6.61 Å². The fraction of sp³-hybridized carbons (Fsp3) is 0.200. The molecule has 2 heterocycles. The van der Waals surface area contributed by atoms with Gasteiger partial charge in [-0.15, -0.1) is 11.3 Å². The van der Waals surface area contributed by atoms with Gasteiger partial charge in [0, 0.05) is 4.88 Å². The summed E-state index contributed by atoms with van der Waals surface area (Å²) in [6.45, 7) is 2.02. The molecule has 2 aromatic rings. The van der Waals surface area contributed by atoms with Crippen molar-refractivity contribution in [1.29, 1.82) is 0 Å². The zero-order valence-electron chi connectivity index (χ0n) is 11.4. The largest absolute Gasteiger partial charge is 0.485 e. The number of carbonyl (C=O) groups is 1. The van der Waals surface area contributed by atoms with Gasteiger partial charge in [-0.2, -0.15) is 5.10 Å². The number of carbonyl (C=O) groups excluding carboxylic acids is 1. The molecule has 0 fully saturated rings. The van der Waals surface area contributed by atoms with Crippen molar-refractivity contribution in [2.45, 2.75) is 13.0 Å². The first-order valence-corrected chi connectivity index (χ1v) is 7.38.